The average molecular weight is 268 g/mol. The largest absolute Gasteiger partial charge is 0.465 e. The fourth-order valence-corrected chi connectivity index (χ4v) is 4.02. The fraction of sp³-hybridized carbons (Fsp3) is 0.769. The van der Waals surface area contributed by atoms with E-state index >= 15 is 0 Å². The van der Waals surface area contributed by atoms with Gasteiger partial charge in [-0.3, -0.25) is 14.4 Å². The zero-order valence-corrected chi connectivity index (χ0v) is 10.8. The molecule has 0 aromatic rings. The van der Waals surface area contributed by atoms with Gasteiger partial charge >= 0.3 is 17.9 Å². The second kappa shape index (κ2) is 4.21. The number of hydrogen-bond acceptors (Lipinski definition) is 6. The van der Waals surface area contributed by atoms with Gasteiger partial charge in [0.05, 0.1) is 12.5 Å². The van der Waals surface area contributed by atoms with Gasteiger partial charge in [0.15, 0.2) is 0 Å². The van der Waals surface area contributed by atoms with Gasteiger partial charge in [-0.05, 0) is 6.42 Å². The van der Waals surface area contributed by atoms with E-state index in [4.69, 9.17) is 14.2 Å². The molecule has 0 radical (unpaired) electrons. The Morgan fingerprint density at radius 3 is 2.47 bits per heavy atom. The van der Waals surface area contributed by atoms with Crippen LogP contribution in [-0.2, 0) is 28.6 Å². The summed E-state index contributed by atoms with van der Waals surface area (Å²) in [6.07, 6.45) is -0.0364. The minimum atomic E-state index is -0.364. The Morgan fingerprint density at radius 2 is 1.84 bits per heavy atom. The molecule has 0 amide bonds. The third kappa shape index (κ3) is 1.81. The van der Waals surface area contributed by atoms with Crippen molar-refractivity contribution in [2.24, 2.45) is 23.7 Å². The molecule has 1 heterocycles. The van der Waals surface area contributed by atoms with Crippen molar-refractivity contribution in [3.05, 3.63) is 0 Å². The number of carbonyl (C=O) groups is 3. The number of fused-ring (bicyclic) bond motifs is 5. The first-order valence-corrected chi connectivity index (χ1v) is 6.50. The maximum Gasteiger partial charge on any atom is 0.309 e. The second-order valence-corrected chi connectivity index (χ2v) is 5.52. The summed E-state index contributed by atoms with van der Waals surface area (Å²) in [4.78, 5) is 34.1. The minimum Gasteiger partial charge on any atom is -0.465 e. The molecule has 19 heavy (non-hydrogen) atoms. The van der Waals surface area contributed by atoms with Gasteiger partial charge in [-0.2, -0.15) is 0 Å². The topological polar surface area (TPSA) is 78.9 Å². The molecule has 0 unspecified atom stereocenters. The van der Waals surface area contributed by atoms with Crippen LogP contribution in [0.3, 0.4) is 0 Å². The average Bonchev–Trinajstić information content (AvgIpc) is 2.89. The van der Waals surface area contributed by atoms with E-state index < -0.39 is 0 Å². The summed E-state index contributed by atoms with van der Waals surface area (Å²) >= 11 is 0. The Morgan fingerprint density at radius 1 is 1.16 bits per heavy atom. The maximum absolute atomic E-state index is 11.7. The van der Waals surface area contributed by atoms with E-state index in [0.717, 1.165) is 0 Å². The molecule has 0 aromatic heterocycles. The van der Waals surface area contributed by atoms with Crippen LogP contribution in [0.1, 0.15) is 20.3 Å². The molecule has 3 rings (SSSR count). The van der Waals surface area contributed by atoms with Gasteiger partial charge in [0.25, 0.3) is 0 Å². The molecule has 1 aliphatic heterocycles. The van der Waals surface area contributed by atoms with Crippen molar-refractivity contribution in [3.63, 3.8) is 0 Å². The van der Waals surface area contributed by atoms with E-state index in [-0.39, 0.29) is 53.8 Å². The van der Waals surface area contributed by atoms with Crippen molar-refractivity contribution in [3.8, 4) is 0 Å². The molecular formula is C13H16O6. The lowest BCUT2D eigenvalue weighted by Crippen LogP contribution is -2.35. The Labute approximate surface area is 110 Å². The third-order valence-corrected chi connectivity index (χ3v) is 4.46. The van der Waals surface area contributed by atoms with Crippen LogP contribution in [-0.4, -0.2) is 36.7 Å². The summed E-state index contributed by atoms with van der Waals surface area (Å²) in [5, 5.41) is 0. The van der Waals surface area contributed by atoms with Gasteiger partial charge in [0.1, 0.15) is 12.2 Å². The predicted molar refractivity (Wildman–Crippen MR) is 60.6 cm³/mol. The Hall–Kier alpha value is -1.59. The van der Waals surface area contributed by atoms with Gasteiger partial charge in [0.2, 0.25) is 0 Å². The van der Waals surface area contributed by atoms with Gasteiger partial charge in [-0.15, -0.1) is 0 Å². The highest BCUT2D eigenvalue weighted by molar-refractivity contribution is 5.77. The first-order chi connectivity index (χ1) is 8.99. The number of rotatable bonds is 2. The third-order valence-electron chi connectivity index (χ3n) is 4.46. The quantitative estimate of drug-likeness (QED) is 0.529. The zero-order chi connectivity index (χ0) is 13.7. The summed E-state index contributed by atoms with van der Waals surface area (Å²) in [6.45, 7) is 3.05. The molecule has 104 valence electrons. The van der Waals surface area contributed by atoms with E-state index in [1.807, 2.05) is 0 Å². The number of hydrogen-bond donors (Lipinski definition) is 0. The highest BCUT2D eigenvalue weighted by Gasteiger charge is 2.66. The number of carbonyl (C=O) groups excluding carboxylic acids is 3. The maximum atomic E-state index is 11.7. The van der Waals surface area contributed by atoms with Gasteiger partial charge < -0.3 is 14.2 Å². The molecule has 6 nitrogen and oxygen atoms in total. The van der Waals surface area contributed by atoms with E-state index in [2.05, 4.69) is 0 Å². The minimum absolute atomic E-state index is 0.0000463. The second-order valence-electron chi connectivity index (χ2n) is 5.52. The fourth-order valence-electron chi connectivity index (χ4n) is 4.02. The predicted octanol–water partition coefficient (Wildman–Crippen LogP) is 0.289. The summed E-state index contributed by atoms with van der Waals surface area (Å²) in [5.41, 5.74) is 0. The summed E-state index contributed by atoms with van der Waals surface area (Å²) in [5.74, 6) is -1.33. The molecule has 2 bridgehead atoms. The molecule has 2 saturated carbocycles. The van der Waals surface area contributed by atoms with Crippen molar-refractivity contribution >= 4 is 17.9 Å². The molecule has 6 heteroatoms. The molecule has 0 spiro atoms. The summed E-state index contributed by atoms with van der Waals surface area (Å²) < 4.78 is 15.7. The van der Waals surface area contributed by atoms with E-state index in [9.17, 15) is 14.4 Å². The van der Waals surface area contributed by atoms with E-state index in [1.54, 1.807) is 0 Å². The molecule has 0 N–H and O–H groups in total. The van der Waals surface area contributed by atoms with Crippen LogP contribution < -0.4 is 0 Å². The SMILES string of the molecule is CC(=O)O[C@@H]1[C@@H]2C[C@H](OC(C)=O)[C@@H]1[C@H]1COC(=O)[C@@H]21. The molecular weight excluding hydrogens is 252 g/mol. The first-order valence-electron chi connectivity index (χ1n) is 6.50. The van der Waals surface area contributed by atoms with E-state index in [1.165, 1.54) is 13.8 Å². The Bertz CT molecular complexity index is 444. The Balaban J connectivity index is 1.85. The Kier molecular flexibility index (Phi) is 2.76. The molecule has 6 atom stereocenters. The van der Waals surface area contributed by atoms with Crippen LogP contribution in [0, 0.1) is 23.7 Å². The lowest BCUT2D eigenvalue weighted by Gasteiger charge is -2.27. The highest BCUT2D eigenvalue weighted by Crippen LogP contribution is 2.57. The number of esters is 3. The van der Waals surface area contributed by atoms with Crippen LogP contribution in [0.2, 0.25) is 0 Å². The van der Waals surface area contributed by atoms with Crippen LogP contribution in [0.25, 0.3) is 0 Å². The monoisotopic (exact) mass is 268 g/mol. The molecule has 0 aromatic carbocycles. The molecule has 3 fully saturated rings. The zero-order valence-electron chi connectivity index (χ0n) is 10.8. The van der Waals surface area contributed by atoms with Gasteiger partial charge in [-0.25, -0.2) is 0 Å². The standard InChI is InChI=1S/C13H16O6/c1-5(14)18-9-3-7-10-8(4-17-13(10)16)11(9)12(7)19-6(2)15/h7-12H,3-4H2,1-2H3/t7-,8+,9+,10+,11+,12-/m1/s1. The van der Waals surface area contributed by atoms with Crippen LogP contribution in [0.5, 0.6) is 0 Å². The lowest BCUT2D eigenvalue weighted by atomic mass is 9.80. The molecule has 2 aliphatic carbocycles. The summed E-state index contributed by atoms with van der Waals surface area (Å²) in [7, 11) is 0. The van der Waals surface area contributed by atoms with Crippen LogP contribution >= 0.6 is 0 Å². The highest BCUT2D eigenvalue weighted by atomic mass is 16.6. The van der Waals surface area contributed by atoms with Crippen LogP contribution in [0.4, 0.5) is 0 Å². The first kappa shape index (κ1) is 12.4. The van der Waals surface area contributed by atoms with Crippen molar-refractivity contribution in [1.82, 2.24) is 0 Å². The normalized spacial score (nSPS) is 42.7. The number of ether oxygens (including phenoxy) is 3. The van der Waals surface area contributed by atoms with Crippen molar-refractivity contribution in [2.45, 2.75) is 32.5 Å². The molecule has 1 saturated heterocycles. The van der Waals surface area contributed by atoms with Crippen LogP contribution in [0.15, 0.2) is 0 Å². The number of cyclic esters (lactones) is 1. The smallest absolute Gasteiger partial charge is 0.309 e. The van der Waals surface area contributed by atoms with Crippen molar-refractivity contribution in [1.29, 1.82) is 0 Å². The van der Waals surface area contributed by atoms with Crippen molar-refractivity contribution in [2.75, 3.05) is 6.61 Å². The molecule has 3 aliphatic rings. The summed E-state index contributed by atoms with van der Waals surface area (Å²) in [6, 6.07) is 0. The van der Waals surface area contributed by atoms with E-state index in [0.29, 0.717) is 13.0 Å². The van der Waals surface area contributed by atoms with Gasteiger partial charge in [-0.1, -0.05) is 0 Å². The lowest BCUT2D eigenvalue weighted by molar-refractivity contribution is -0.155. The van der Waals surface area contributed by atoms with Crippen molar-refractivity contribution < 1.29 is 28.6 Å². The van der Waals surface area contributed by atoms with Gasteiger partial charge in [0, 0.05) is 31.6 Å².